The molecule has 0 saturated heterocycles. The largest absolute Gasteiger partial charge is 0.491 e. The summed E-state index contributed by atoms with van der Waals surface area (Å²) in [6, 6.07) is 9.82. The van der Waals surface area contributed by atoms with Gasteiger partial charge in [0.1, 0.15) is 11.5 Å². The van der Waals surface area contributed by atoms with Gasteiger partial charge in [0.15, 0.2) is 5.82 Å². The zero-order valence-electron chi connectivity index (χ0n) is 17.9. The van der Waals surface area contributed by atoms with E-state index in [0.717, 1.165) is 5.56 Å². The van der Waals surface area contributed by atoms with Crippen LogP contribution in [0.3, 0.4) is 0 Å². The third-order valence-electron chi connectivity index (χ3n) is 4.96. The normalized spacial score (nSPS) is 12.3. The summed E-state index contributed by atoms with van der Waals surface area (Å²) < 4.78 is 23.7. The van der Waals surface area contributed by atoms with Crippen molar-refractivity contribution in [2.75, 3.05) is 30.3 Å². The van der Waals surface area contributed by atoms with E-state index >= 15 is 0 Å². The van der Waals surface area contributed by atoms with Crippen LogP contribution in [0.2, 0.25) is 0 Å². The standard InChI is InChI=1S/C20H20BBrFN5O4.H3NO/c22-16-10-14(3-4-17(16)23)26-11-18-19(28-32-27-18)24-6-7-25-20(29)13-2-1-12-5-8-31-21(30)15(12)9-13;1-2/h1-4,9-10,26,30H,5-8,11H2,(H,24,28)(H,25,29);2H,1H2. The Bertz CT molecular complexity index is 1120. The lowest BCUT2D eigenvalue weighted by molar-refractivity contribution is 0.0955. The average molecular weight is 537 g/mol. The predicted octanol–water partition coefficient (Wildman–Crippen LogP) is 1.02. The van der Waals surface area contributed by atoms with Gasteiger partial charge in [-0.25, -0.2) is 14.9 Å². The van der Waals surface area contributed by atoms with E-state index in [1.54, 1.807) is 24.3 Å². The van der Waals surface area contributed by atoms with Crippen molar-refractivity contribution >= 4 is 45.9 Å². The second-order valence-corrected chi connectivity index (χ2v) is 7.97. The van der Waals surface area contributed by atoms with E-state index in [0.29, 0.717) is 65.4 Å². The van der Waals surface area contributed by atoms with Crippen molar-refractivity contribution in [1.82, 2.24) is 15.6 Å². The first-order valence-electron chi connectivity index (χ1n) is 10.2. The van der Waals surface area contributed by atoms with Crippen LogP contribution in [0.4, 0.5) is 15.9 Å². The Morgan fingerprint density at radius 1 is 1.18 bits per heavy atom. The van der Waals surface area contributed by atoms with Crippen LogP contribution in [-0.2, 0) is 17.6 Å². The molecule has 180 valence electrons. The summed E-state index contributed by atoms with van der Waals surface area (Å²) in [5.41, 5.74) is 3.31. The molecule has 1 aliphatic rings. The zero-order chi connectivity index (χ0) is 24.5. The van der Waals surface area contributed by atoms with E-state index in [2.05, 4.69) is 48.1 Å². The molecular formula is C20H23BBrFN6O5. The van der Waals surface area contributed by atoms with Gasteiger partial charge < -0.3 is 30.8 Å². The molecule has 1 aliphatic heterocycles. The molecule has 14 heteroatoms. The van der Waals surface area contributed by atoms with E-state index in [1.165, 1.54) is 6.07 Å². The van der Waals surface area contributed by atoms with Gasteiger partial charge in [-0.15, -0.1) is 0 Å². The second-order valence-electron chi connectivity index (χ2n) is 7.11. The first kappa shape index (κ1) is 25.6. The second kappa shape index (κ2) is 12.4. The molecule has 11 nitrogen and oxygen atoms in total. The fourth-order valence-corrected chi connectivity index (χ4v) is 3.65. The molecule has 0 saturated carbocycles. The molecule has 0 unspecified atom stereocenters. The molecule has 0 atom stereocenters. The highest BCUT2D eigenvalue weighted by molar-refractivity contribution is 9.10. The fourth-order valence-electron chi connectivity index (χ4n) is 3.27. The monoisotopic (exact) mass is 536 g/mol. The first-order chi connectivity index (χ1) is 16.5. The maximum Gasteiger partial charge on any atom is 0.491 e. The summed E-state index contributed by atoms with van der Waals surface area (Å²) >= 11 is 3.14. The zero-order valence-corrected chi connectivity index (χ0v) is 19.5. The number of benzene rings is 2. The number of nitrogens with two attached hydrogens (primary N) is 1. The number of anilines is 2. The summed E-state index contributed by atoms with van der Waals surface area (Å²) in [6.45, 7) is 1.50. The quantitative estimate of drug-likeness (QED) is 0.139. The molecular weight excluding hydrogens is 514 g/mol. The number of aromatic nitrogens is 2. The molecule has 1 amide bonds. The minimum atomic E-state index is -1.00. The Morgan fingerprint density at radius 3 is 2.79 bits per heavy atom. The minimum absolute atomic E-state index is 0.255. The van der Waals surface area contributed by atoms with Gasteiger partial charge in [-0.3, -0.25) is 4.79 Å². The number of carbonyl (C=O) groups excluding carboxylic acids is 1. The van der Waals surface area contributed by atoms with Crippen LogP contribution >= 0.6 is 15.9 Å². The number of nitrogens with one attached hydrogen (secondary N) is 3. The van der Waals surface area contributed by atoms with Crippen molar-refractivity contribution in [2.45, 2.75) is 13.0 Å². The van der Waals surface area contributed by atoms with Crippen molar-refractivity contribution in [3.63, 3.8) is 0 Å². The highest BCUT2D eigenvalue weighted by Gasteiger charge is 2.25. The van der Waals surface area contributed by atoms with Crippen molar-refractivity contribution in [1.29, 1.82) is 0 Å². The summed E-state index contributed by atoms with van der Waals surface area (Å²) in [5, 5.41) is 33.1. The summed E-state index contributed by atoms with van der Waals surface area (Å²) in [6.07, 6.45) is 0.708. The molecule has 34 heavy (non-hydrogen) atoms. The predicted molar refractivity (Wildman–Crippen MR) is 126 cm³/mol. The number of halogens is 2. The van der Waals surface area contributed by atoms with Crippen LogP contribution in [-0.4, -0.2) is 53.3 Å². The number of hydrogen-bond acceptors (Lipinski definition) is 10. The van der Waals surface area contributed by atoms with Crippen molar-refractivity contribution in [3.05, 3.63) is 63.5 Å². The molecule has 0 spiro atoms. The van der Waals surface area contributed by atoms with Crippen LogP contribution in [0.15, 0.2) is 45.5 Å². The van der Waals surface area contributed by atoms with Crippen LogP contribution in [0.5, 0.6) is 0 Å². The number of rotatable bonds is 8. The Morgan fingerprint density at radius 2 is 2.00 bits per heavy atom. The molecule has 0 fully saturated rings. The number of amides is 1. The van der Waals surface area contributed by atoms with E-state index in [-0.39, 0.29) is 11.7 Å². The Labute approximate surface area is 203 Å². The molecule has 7 N–H and O–H groups in total. The Balaban J connectivity index is 0.00000158. The fraction of sp³-hybridized carbons (Fsp3) is 0.250. The molecule has 4 rings (SSSR count). The highest BCUT2D eigenvalue weighted by atomic mass is 79.9. The SMILES string of the molecule is NO.O=C(NCCNc1nonc1CNc1ccc(F)c(Br)c1)c1ccc2c(c1)B(O)OCC2. The van der Waals surface area contributed by atoms with Gasteiger partial charge in [-0.05, 0) is 68.9 Å². The van der Waals surface area contributed by atoms with E-state index in [4.69, 9.17) is 14.5 Å². The number of hydrogen-bond donors (Lipinski definition) is 6. The lowest BCUT2D eigenvalue weighted by atomic mass is 9.73. The van der Waals surface area contributed by atoms with E-state index < -0.39 is 7.12 Å². The molecule has 0 aliphatic carbocycles. The molecule has 0 bridgehead atoms. The average Bonchev–Trinajstić information content (AvgIpc) is 3.31. The summed E-state index contributed by atoms with van der Waals surface area (Å²) in [5.74, 6) is 3.35. The lowest BCUT2D eigenvalue weighted by Gasteiger charge is -2.19. The van der Waals surface area contributed by atoms with Crippen molar-refractivity contribution < 1.29 is 28.7 Å². The van der Waals surface area contributed by atoms with Gasteiger partial charge in [-0.2, -0.15) is 0 Å². The van der Waals surface area contributed by atoms with E-state index in [9.17, 15) is 14.2 Å². The maximum absolute atomic E-state index is 13.3. The van der Waals surface area contributed by atoms with Gasteiger partial charge >= 0.3 is 7.12 Å². The highest BCUT2D eigenvalue weighted by Crippen LogP contribution is 2.21. The molecule has 1 aromatic heterocycles. The molecule has 2 heterocycles. The van der Waals surface area contributed by atoms with Gasteiger partial charge in [0.2, 0.25) is 0 Å². The minimum Gasteiger partial charge on any atom is -0.423 e. The van der Waals surface area contributed by atoms with Crippen molar-refractivity contribution in [3.8, 4) is 0 Å². The van der Waals surface area contributed by atoms with Gasteiger partial charge in [0.05, 0.1) is 11.0 Å². The van der Waals surface area contributed by atoms with Gasteiger partial charge in [-0.1, -0.05) is 11.2 Å². The van der Waals surface area contributed by atoms with Crippen LogP contribution in [0.25, 0.3) is 0 Å². The van der Waals surface area contributed by atoms with Crippen LogP contribution in [0.1, 0.15) is 21.6 Å². The molecule has 3 aromatic rings. The third kappa shape index (κ3) is 6.51. The summed E-state index contributed by atoms with van der Waals surface area (Å²) in [7, 11) is -1.00. The summed E-state index contributed by atoms with van der Waals surface area (Å²) in [4.78, 5) is 12.4. The molecule has 0 radical (unpaired) electrons. The Kier molecular flexibility index (Phi) is 9.36. The molecule has 2 aromatic carbocycles. The topological polar surface area (TPSA) is 168 Å². The number of carbonyl (C=O) groups is 1. The van der Waals surface area contributed by atoms with Gasteiger partial charge in [0, 0.05) is 30.9 Å². The third-order valence-corrected chi connectivity index (χ3v) is 5.57. The van der Waals surface area contributed by atoms with Crippen LogP contribution < -0.4 is 27.3 Å². The van der Waals surface area contributed by atoms with Crippen molar-refractivity contribution in [2.24, 2.45) is 5.90 Å². The number of fused-ring (bicyclic) bond motifs is 1. The smallest absolute Gasteiger partial charge is 0.423 e. The lowest BCUT2D eigenvalue weighted by Crippen LogP contribution is -2.42. The first-order valence-corrected chi connectivity index (χ1v) is 11.0. The van der Waals surface area contributed by atoms with E-state index in [1.807, 2.05) is 6.07 Å². The Hall–Kier alpha value is -3.04. The number of nitrogens with zero attached hydrogens (tertiary/aromatic N) is 2. The van der Waals surface area contributed by atoms with Gasteiger partial charge in [0.25, 0.3) is 5.91 Å². The van der Waals surface area contributed by atoms with Crippen LogP contribution in [0, 0.1) is 5.82 Å². The maximum atomic E-state index is 13.3.